The van der Waals surface area contributed by atoms with Gasteiger partial charge in [0, 0.05) is 25.2 Å². The first-order valence-corrected chi connectivity index (χ1v) is 6.05. The molecule has 0 radical (unpaired) electrons. The number of carbonyl (C=O) groups is 1. The van der Waals surface area contributed by atoms with Gasteiger partial charge in [0.15, 0.2) is 0 Å². The molecule has 0 saturated heterocycles. The van der Waals surface area contributed by atoms with Crippen molar-refractivity contribution in [1.29, 1.82) is 0 Å². The van der Waals surface area contributed by atoms with Crippen LogP contribution in [0.5, 0.6) is 0 Å². The van der Waals surface area contributed by atoms with Crippen LogP contribution in [0.15, 0.2) is 36.9 Å². The maximum Gasteiger partial charge on any atom is 0.253 e. The second kappa shape index (κ2) is 5.62. The molecule has 0 fully saturated rings. The van der Waals surface area contributed by atoms with Gasteiger partial charge in [-0.2, -0.15) is 5.10 Å². The summed E-state index contributed by atoms with van der Waals surface area (Å²) < 4.78 is 1.61. The van der Waals surface area contributed by atoms with Gasteiger partial charge in [-0.25, -0.2) is 9.67 Å². The maximum atomic E-state index is 12.3. The van der Waals surface area contributed by atoms with Gasteiger partial charge in [0.1, 0.15) is 12.7 Å². The van der Waals surface area contributed by atoms with E-state index in [9.17, 15) is 4.79 Å². The zero-order valence-electron chi connectivity index (χ0n) is 11.0. The molecule has 1 aromatic heterocycles. The number of amides is 1. The number of benzene rings is 1. The van der Waals surface area contributed by atoms with Crippen molar-refractivity contribution in [3.63, 3.8) is 0 Å². The number of aromatic nitrogens is 3. The minimum absolute atomic E-state index is 0.00234. The van der Waals surface area contributed by atoms with Crippen molar-refractivity contribution in [2.24, 2.45) is 5.73 Å². The molecule has 0 aliphatic carbocycles. The molecule has 1 heterocycles. The summed E-state index contributed by atoms with van der Waals surface area (Å²) in [7, 11) is 1.75. The van der Waals surface area contributed by atoms with Crippen LogP contribution in [0.1, 0.15) is 17.3 Å². The largest absolute Gasteiger partial charge is 0.338 e. The molecule has 2 aromatic rings. The van der Waals surface area contributed by atoms with Crippen molar-refractivity contribution in [2.45, 2.75) is 13.0 Å². The SMILES string of the molecule is CC(CN)N(C)C(=O)c1cccc(-n2cncn2)c1. The molecule has 2 rings (SSSR count). The molecule has 100 valence electrons. The van der Waals surface area contributed by atoms with Crippen LogP contribution in [0.25, 0.3) is 5.69 Å². The molecule has 0 bridgehead atoms. The van der Waals surface area contributed by atoms with Crippen LogP contribution < -0.4 is 5.73 Å². The average molecular weight is 259 g/mol. The van der Waals surface area contributed by atoms with E-state index in [-0.39, 0.29) is 11.9 Å². The van der Waals surface area contributed by atoms with Crippen molar-refractivity contribution in [1.82, 2.24) is 19.7 Å². The second-order valence-electron chi connectivity index (χ2n) is 4.39. The van der Waals surface area contributed by atoms with Gasteiger partial charge in [-0.1, -0.05) is 6.07 Å². The lowest BCUT2D eigenvalue weighted by molar-refractivity contribution is 0.0748. The Balaban J connectivity index is 2.26. The molecular weight excluding hydrogens is 242 g/mol. The number of carbonyl (C=O) groups excluding carboxylic acids is 1. The highest BCUT2D eigenvalue weighted by molar-refractivity contribution is 5.94. The fourth-order valence-corrected chi connectivity index (χ4v) is 1.68. The van der Waals surface area contributed by atoms with E-state index in [0.29, 0.717) is 12.1 Å². The summed E-state index contributed by atoms with van der Waals surface area (Å²) in [6.45, 7) is 2.35. The first kappa shape index (κ1) is 13.2. The van der Waals surface area contributed by atoms with Crippen LogP contribution in [0.2, 0.25) is 0 Å². The fourth-order valence-electron chi connectivity index (χ4n) is 1.68. The number of rotatable bonds is 4. The normalized spacial score (nSPS) is 12.2. The highest BCUT2D eigenvalue weighted by Gasteiger charge is 2.16. The lowest BCUT2D eigenvalue weighted by atomic mass is 10.1. The molecule has 1 aromatic carbocycles. The third kappa shape index (κ3) is 2.79. The number of nitrogens with zero attached hydrogens (tertiary/aromatic N) is 4. The molecule has 1 atom stereocenters. The van der Waals surface area contributed by atoms with Crippen LogP contribution in [0.3, 0.4) is 0 Å². The summed E-state index contributed by atoms with van der Waals surface area (Å²) in [5.74, 6) is -0.0556. The monoisotopic (exact) mass is 259 g/mol. The van der Waals surface area contributed by atoms with Crippen LogP contribution in [0, 0.1) is 0 Å². The van der Waals surface area contributed by atoms with Crippen molar-refractivity contribution in [3.05, 3.63) is 42.5 Å². The Morgan fingerprint density at radius 3 is 2.95 bits per heavy atom. The molecule has 0 aliphatic heterocycles. The van der Waals surface area contributed by atoms with Gasteiger partial charge in [0.05, 0.1) is 5.69 Å². The second-order valence-corrected chi connectivity index (χ2v) is 4.39. The highest BCUT2D eigenvalue weighted by atomic mass is 16.2. The Labute approximate surface area is 111 Å². The summed E-state index contributed by atoms with van der Waals surface area (Å²) in [4.78, 5) is 17.8. The molecular formula is C13H17N5O. The molecule has 19 heavy (non-hydrogen) atoms. The molecule has 1 amide bonds. The summed E-state index contributed by atoms with van der Waals surface area (Å²) in [6.07, 6.45) is 3.05. The number of hydrogen-bond acceptors (Lipinski definition) is 4. The fraction of sp³-hybridized carbons (Fsp3) is 0.308. The summed E-state index contributed by atoms with van der Waals surface area (Å²) >= 11 is 0. The molecule has 2 N–H and O–H groups in total. The Kier molecular flexibility index (Phi) is 3.91. The molecule has 0 spiro atoms. The average Bonchev–Trinajstić information content (AvgIpc) is 2.99. The molecule has 0 saturated carbocycles. The summed E-state index contributed by atoms with van der Waals surface area (Å²) in [5, 5.41) is 4.04. The van der Waals surface area contributed by atoms with Crippen molar-refractivity contribution < 1.29 is 4.79 Å². The smallest absolute Gasteiger partial charge is 0.253 e. The van der Waals surface area contributed by atoms with E-state index >= 15 is 0 Å². The Bertz CT molecular complexity index is 552. The number of hydrogen-bond donors (Lipinski definition) is 1. The Morgan fingerprint density at radius 2 is 2.32 bits per heavy atom. The third-order valence-corrected chi connectivity index (χ3v) is 3.10. The minimum atomic E-state index is -0.0556. The van der Waals surface area contributed by atoms with E-state index < -0.39 is 0 Å². The van der Waals surface area contributed by atoms with Crippen LogP contribution >= 0.6 is 0 Å². The first-order chi connectivity index (χ1) is 9.13. The maximum absolute atomic E-state index is 12.3. The highest BCUT2D eigenvalue weighted by Crippen LogP contribution is 2.12. The van der Waals surface area contributed by atoms with Gasteiger partial charge in [0.2, 0.25) is 0 Å². The molecule has 6 nitrogen and oxygen atoms in total. The van der Waals surface area contributed by atoms with Gasteiger partial charge < -0.3 is 10.6 Å². The van der Waals surface area contributed by atoms with Crippen molar-refractivity contribution >= 4 is 5.91 Å². The zero-order valence-corrected chi connectivity index (χ0v) is 11.0. The van der Waals surface area contributed by atoms with Crippen molar-refractivity contribution in [2.75, 3.05) is 13.6 Å². The van der Waals surface area contributed by atoms with Gasteiger partial charge in [-0.3, -0.25) is 4.79 Å². The molecule has 1 unspecified atom stereocenters. The van der Waals surface area contributed by atoms with Crippen molar-refractivity contribution in [3.8, 4) is 5.69 Å². The summed E-state index contributed by atoms with van der Waals surface area (Å²) in [6, 6.07) is 7.27. The summed E-state index contributed by atoms with van der Waals surface area (Å²) in [5.41, 5.74) is 6.99. The van der Waals surface area contributed by atoms with E-state index in [4.69, 9.17) is 5.73 Å². The van der Waals surface area contributed by atoms with Gasteiger partial charge >= 0.3 is 0 Å². The first-order valence-electron chi connectivity index (χ1n) is 6.05. The number of likely N-dealkylation sites (N-methyl/N-ethyl adjacent to an activating group) is 1. The van der Waals surface area contributed by atoms with Gasteiger partial charge in [0.25, 0.3) is 5.91 Å². The van der Waals surface area contributed by atoms with E-state index in [1.807, 2.05) is 19.1 Å². The third-order valence-electron chi connectivity index (χ3n) is 3.10. The number of nitrogens with two attached hydrogens (primary N) is 1. The Morgan fingerprint density at radius 1 is 1.53 bits per heavy atom. The van der Waals surface area contributed by atoms with E-state index in [0.717, 1.165) is 5.69 Å². The van der Waals surface area contributed by atoms with E-state index in [1.165, 1.54) is 6.33 Å². The zero-order chi connectivity index (χ0) is 13.8. The molecule has 0 aliphatic rings. The lowest BCUT2D eigenvalue weighted by Gasteiger charge is -2.23. The standard InChI is InChI=1S/C13H17N5O/c1-10(7-14)17(2)13(19)11-4-3-5-12(6-11)18-9-15-8-16-18/h3-6,8-10H,7,14H2,1-2H3. The van der Waals surface area contributed by atoms with E-state index in [2.05, 4.69) is 10.1 Å². The van der Waals surface area contributed by atoms with Crippen LogP contribution in [-0.2, 0) is 0 Å². The topological polar surface area (TPSA) is 77.0 Å². The molecule has 6 heteroatoms. The van der Waals surface area contributed by atoms with E-state index in [1.54, 1.807) is 35.1 Å². The van der Waals surface area contributed by atoms with Crippen LogP contribution in [-0.4, -0.2) is 45.2 Å². The quantitative estimate of drug-likeness (QED) is 0.876. The minimum Gasteiger partial charge on any atom is -0.338 e. The van der Waals surface area contributed by atoms with Gasteiger partial charge in [-0.05, 0) is 25.1 Å². The predicted molar refractivity (Wildman–Crippen MR) is 72.0 cm³/mol. The lowest BCUT2D eigenvalue weighted by Crippen LogP contribution is -2.39. The Hall–Kier alpha value is -2.21. The van der Waals surface area contributed by atoms with Crippen LogP contribution in [0.4, 0.5) is 0 Å². The predicted octanol–water partition coefficient (Wildman–Crippen LogP) is 0.686. The van der Waals surface area contributed by atoms with Gasteiger partial charge in [-0.15, -0.1) is 0 Å².